The SMILES string of the molecule is CN(CCCNC(=O)c1cc(S(=O)(=O)N(C)C)ccc1N1CCCC1)Cc1ccccc1. The number of anilines is 1. The smallest absolute Gasteiger partial charge is 0.253 e. The molecule has 32 heavy (non-hydrogen) atoms. The van der Waals surface area contributed by atoms with Gasteiger partial charge in [-0.15, -0.1) is 0 Å². The fraction of sp³-hybridized carbons (Fsp3) is 0.458. The van der Waals surface area contributed by atoms with Crippen molar-refractivity contribution in [2.75, 3.05) is 52.2 Å². The molecule has 3 rings (SSSR count). The third-order valence-electron chi connectivity index (χ3n) is 5.74. The molecule has 0 saturated carbocycles. The average molecular weight is 459 g/mol. The zero-order chi connectivity index (χ0) is 23.1. The first-order valence-electron chi connectivity index (χ1n) is 11.1. The van der Waals surface area contributed by atoms with Crippen LogP contribution in [0, 0.1) is 0 Å². The number of sulfonamides is 1. The van der Waals surface area contributed by atoms with E-state index in [1.165, 1.54) is 30.0 Å². The van der Waals surface area contributed by atoms with Crippen molar-refractivity contribution in [2.45, 2.75) is 30.7 Å². The number of amides is 1. The van der Waals surface area contributed by atoms with Gasteiger partial charge in [0.25, 0.3) is 5.91 Å². The van der Waals surface area contributed by atoms with Crippen molar-refractivity contribution >= 4 is 21.6 Å². The Morgan fingerprint density at radius 2 is 1.72 bits per heavy atom. The summed E-state index contributed by atoms with van der Waals surface area (Å²) < 4.78 is 26.4. The minimum absolute atomic E-state index is 0.137. The molecule has 0 radical (unpaired) electrons. The van der Waals surface area contributed by atoms with E-state index >= 15 is 0 Å². The van der Waals surface area contributed by atoms with Gasteiger partial charge in [-0.25, -0.2) is 12.7 Å². The summed E-state index contributed by atoms with van der Waals surface area (Å²) in [4.78, 5) is 17.6. The molecule has 7 nitrogen and oxygen atoms in total. The third-order valence-corrected chi connectivity index (χ3v) is 7.55. The molecule has 174 valence electrons. The van der Waals surface area contributed by atoms with Gasteiger partial charge in [0.2, 0.25) is 10.0 Å². The van der Waals surface area contributed by atoms with Gasteiger partial charge in [-0.05, 0) is 56.6 Å². The maximum Gasteiger partial charge on any atom is 0.253 e. The normalized spacial score (nSPS) is 14.3. The lowest BCUT2D eigenvalue weighted by Crippen LogP contribution is -2.31. The van der Waals surface area contributed by atoms with E-state index < -0.39 is 10.0 Å². The molecule has 1 saturated heterocycles. The number of benzene rings is 2. The van der Waals surface area contributed by atoms with Gasteiger partial charge in [-0.3, -0.25) is 4.79 Å². The fourth-order valence-electron chi connectivity index (χ4n) is 3.92. The van der Waals surface area contributed by atoms with Crippen LogP contribution in [0.3, 0.4) is 0 Å². The summed E-state index contributed by atoms with van der Waals surface area (Å²) in [5.74, 6) is -0.228. The van der Waals surface area contributed by atoms with Gasteiger partial charge in [0.1, 0.15) is 0 Å². The predicted octanol–water partition coefficient (Wildman–Crippen LogP) is 2.79. The number of hydrogen-bond donors (Lipinski definition) is 1. The Balaban J connectivity index is 1.64. The number of nitrogens with one attached hydrogen (secondary N) is 1. The van der Waals surface area contributed by atoms with E-state index in [1.807, 2.05) is 18.2 Å². The van der Waals surface area contributed by atoms with Gasteiger partial charge in [0, 0.05) is 46.0 Å². The van der Waals surface area contributed by atoms with Crippen molar-refractivity contribution < 1.29 is 13.2 Å². The molecule has 0 spiro atoms. The molecule has 1 heterocycles. The number of hydrogen-bond acceptors (Lipinski definition) is 5. The Hall–Kier alpha value is -2.42. The summed E-state index contributed by atoms with van der Waals surface area (Å²) in [5, 5.41) is 2.99. The Bertz CT molecular complexity index is 1000. The lowest BCUT2D eigenvalue weighted by Gasteiger charge is -2.22. The van der Waals surface area contributed by atoms with Crippen molar-refractivity contribution in [3.05, 3.63) is 59.7 Å². The largest absolute Gasteiger partial charge is 0.371 e. The van der Waals surface area contributed by atoms with Crippen molar-refractivity contribution in [2.24, 2.45) is 0 Å². The average Bonchev–Trinajstić information content (AvgIpc) is 3.31. The predicted molar refractivity (Wildman–Crippen MR) is 128 cm³/mol. The van der Waals surface area contributed by atoms with E-state index in [1.54, 1.807) is 12.1 Å². The maximum absolute atomic E-state index is 13.0. The highest BCUT2D eigenvalue weighted by Gasteiger charge is 2.24. The first kappa shape index (κ1) is 24.2. The monoisotopic (exact) mass is 458 g/mol. The van der Waals surface area contributed by atoms with E-state index in [-0.39, 0.29) is 10.8 Å². The van der Waals surface area contributed by atoms with Crippen LogP contribution >= 0.6 is 0 Å². The fourth-order valence-corrected chi connectivity index (χ4v) is 4.85. The molecular formula is C24H34N4O3S. The van der Waals surface area contributed by atoms with Gasteiger partial charge in [-0.1, -0.05) is 30.3 Å². The molecular weight excluding hydrogens is 424 g/mol. The highest BCUT2D eigenvalue weighted by atomic mass is 32.2. The van der Waals surface area contributed by atoms with Gasteiger partial charge < -0.3 is 15.1 Å². The van der Waals surface area contributed by atoms with E-state index in [0.29, 0.717) is 12.1 Å². The third kappa shape index (κ3) is 6.09. The van der Waals surface area contributed by atoms with Crippen LogP contribution in [-0.4, -0.2) is 70.9 Å². The molecule has 2 aromatic rings. The molecule has 8 heteroatoms. The van der Waals surface area contributed by atoms with Crippen molar-refractivity contribution in [1.29, 1.82) is 0 Å². The zero-order valence-electron chi connectivity index (χ0n) is 19.3. The summed E-state index contributed by atoms with van der Waals surface area (Å²) in [6, 6.07) is 15.2. The standard InChI is InChI=1S/C24H34N4O3S/c1-26(2)32(30,31)21-12-13-23(28-16-7-8-17-28)22(18-21)24(29)25-14-9-15-27(3)19-20-10-5-4-6-11-20/h4-6,10-13,18H,7-9,14-17,19H2,1-3H3,(H,25,29). The Labute approximate surface area is 192 Å². The van der Waals surface area contributed by atoms with Crippen LogP contribution in [0.1, 0.15) is 35.2 Å². The van der Waals surface area contributed by atoms with Gasteiger partial charge in [0.15, 0.2) is 0 Å². The zero-order valence-corrected chi connectivity index (χ0v) is 20.1. The first-order valence-corrected chi connectivity index (χ1v) is 12.6. The van der Waals surface area contributed by atoms with Crippen LogP contribution in [0.25, 0.3) is 0 Å². The summed E-state index contributed by atoms with van der Waals surface area (Å²) >= 11 is 0. The Kier molecular flexibility index (Phi) is 8.28. The summed E-state index contributed by atoms with van der Waals surface area (Å²) in [7, 11) is 1.45. The van der Waals surface area contributed by atoms with Gasteiger partial charge in [-0.2, -0.15) is 0 Å². The van der Waals surface area contributed by atoms with Crippen LogP contribution in [0.15, 0.2) is 53.4 Å². The topological polar surface area (TPSA) is 73.0 Å². The van der Waals surface area contributed by atoms with Gasteiger partial charge >= 0.3 is 0 Å². The molecule has 0 atom stereocenters. The van der Waals surface area contributed by atoms with Crippen LogP contribution < -0.4 is 10.2 Å². The molecule has 0 unspecified atom stereocenters. The van der Waals surface area contributed by atoms with Crippen LogP contribution in [-0.2, 0) is 16.6 Å². The molecule has 0 aliphatic carbocycles. The molecule has 1 fully saturated rings. The highest BCUT2D eigenvalue weighted by Crippen LogP contribution is 2.28. The molecule has 1 N–H and O–H groups in total. The molecule has 0 bridgehead atoms. The molecule has 1 amide bonds. The quantitative estimate of drug-likeness (QED) is 0.555. The molecule has 0 aromatic heterocycles. The Morgan fingerprint density at radius 1 is 1.03 bits per heavy atom. The molecule has 1 aliphatic heterocycles. The minimum Gasteiger partial charge on any atom is -0.371 e. The van der Waals surface area contributed by atoms with Crippen molar-refractivity contribution in [3.63, 3.8) is 0 Å². The lowest BCUT2D eigenvalue weighted by atomic mass is 10.1. The second-order valence-corrected chi connectivity index (χ2v) is 10.6. The Morgan fingerprint density at radius 3 is 2.38 bits per heavy atom. The minimum atomic E-state index is -3.61. The maximum atomic E-state index is 13.0. The number of carbonyl (C=O) groups excluding carboxylic acids is 1. The van der Waals surface area contributed by atoms with E-state index in [0.717, 1.165) is 51.1 Å². The van der Waals surface area contributed by atoms with E-state index in [4.69, 9.17) is 0 Å². The second-order valence-electron chi connectivity index (χ2n) is 8.49. The molecule has 2 aromatic carbocycles. The van der Waals surface area contributed by atoms with Crippen LogP contribution in [0.4, 0.5) is 5.69 Å². The van der Waals surface area contributed by atoms with E-state index in [9.17, 15) is 13.2 Å². The van der Waals surface area contributed by atoms with Crippen molar-refractivity contribution in [1.82, 2.24) is 14.5 Å². The van der Waals surface area contributed by atoms with E-state index in [2.05, 4.69) is 34.3 Å². The first-order chi connectivity index (χ1) is 15.3. The second kappa shape index (κ2) is 10.9. The van der Waals surface area contributed by atoms with Crippen LogP contribution in [0.2, 0.25) is 0 Å². The summed E-state index contributed by atoms with van der Waals surface area (Å²) in [5.41, 5.74) is 2.49. The number of carbonyl (C=O) groups is 1. The van der Waals surface area contributed by atoms with Gasteiger partial charge in [0.05, 0.1) is 10.5 Å². The van der Waals surface area contributed by atoms with Crippen molar-refractivity contribution in [3.8, 4) is 0 Å². The summed E-state index contributed by atoms with van der Waals surface area (Å²) in [6.07, 6.45) is 2.96. The molecule has 1 aliphatic rings. The van der Waals surface area contributed by atoms with Crippen LogP contribution in [0.5, 0.6) is 0 Å². The number of rotatable bonds is 10. The lowest BCUT2D eigenvalue weighted by molar-refractivity contribution is 0.0952. The summed E-state index contributed by atoms with van der Waals surface area (Å²) in [6.45, 7) is 4.00. The number of nitrogens with zero attached hydrogens (tertiary/aromatic N) is 3. The highest BCUT2D eigenvalue weighted by molar-refractivity contribution is 7.89.